The van der Waals surface area contributed by atoms with E-state index in [2.05, 4.69) is 5.32 Å². The fraction of sp³-hybridized carbons (Fsp3) is 0.875. The van der Waals surface area contributed by atoms with Gasteiger partial charge in [-0.3, -0.25) is 10.1 Å². The van der Waals surface area contributed by atoms with E-state index in [1.807, 2.05) is 20.8 Å². The van der Waals surface area contributed by atoms with Crippen molar-refractivity contribution in [3.8, 4) is 0 Å². The maximum Gasteiger partial charge on any atom is 0.320 e. The highest BCUT2D eigenvalue weighted by atomic mass is 16.4. The topological polar surface area (TPSA) is 69.6 Å². The van der Waals surface area contributed by atoms with Crippen LogP contribution in [0.2, 0.25) is 0 Å². The molecule has 0 saturated carbocycles. The van der Waals surface area contributed by atoms with Crippen LogP contribution in [0.3, 0.4) is 0 Å². The van der Waals surface area contributed by atoms with Crippen molar-refractivity contribution in [3.05, 3.63) is 0 Å². The number of aliphatic hydroxyl groups is 1. The summed E-state index contributed by atoms with van der Waals surface area (Å²) in [5.41, 5.74) is -0.238. The Balaban J connectivity index is 4.05. The molecule has 1 unspecified atom stereocenters. The van der Waals surface area contributed by atoms with Gasteiger partial charge in [-0.2, -0.15) is 0 Å². The number of aliphatic hydroxyl groups excluding tert-OH is 1. The van der Waals surface area contributed by atoms with Crippen LogP contribution in [0.4, 0.5) is 0 Å². The van der Waals surface area contributed by atoms with Crippen LogP contribution in [-0.2, 0) is 4.79 Å². The zero-order valence-electron chi connectivity index (χ0n) is 7.79. The van der Waals surface area contributed by atoms with Crippen molar-refractivity contribution in [1.82, 2.24) is 5.32 Å². The van der Waals surface area contributed by atoms with E-state index in [0.717, 1.165) is 0 Å². The molecule has 0 heterocycles. The molecule has 0 aliphatic carbocycles. The second-order valence-corrected chi connectivity index (χ2v) is 3.80. The maximum atomic E-state index is 10.6. The molecule has 3 N–H and O–H groups in total. The Morgan fingerprint density at radius 1 is 1.50 bits per heavy atom. The van der Waals surface area contributed by atoms with Gasteiger partial charge in [-0.05, 0) is 27.2 Å². The standard InChI is InChI=1S/C8H17NO3/c1-8(2,3)9-6(4-5-10)7(11)12/h6,9-10H,4-5H2,1-3H3,(H,11,12). The molecule has 0 bridgehead atoms. The molecule has 0 spiro atoms. The third kappa shape index (κ3) is 5.09. The minimum atomic E-state index is -0.918. The van der Waals surface area contributed by atoms with Crippen molar-refractivity contribution < 1.29 is 15.0 Å². The predicted octanol–water partition coefficient (Wildman–Crippen LogP) is 0.210. The average Bonchev–Trinajstić information content (AvgIpc) is 1.83. The lowest BCUT2D eigenvalue weighted by Gasteiger charge is -2.25. The van der Waals surface area contributed by atoms with Crippen LogP contribution in [-0.4, -0.2) is 34.4 Å². The molecule has 72 valence electrons. The number of hydrogen-bond donors (Lipinski definition) is 3. The van der Waals surface area contributed by atoms with E-state index in [1.54, 1.807) is 0 Å². The van der Waals surface area contributed by atoms with Crippen LogP contribution in [0, 0.1) is 0 Å². The second-order valence-electron chi connectivity index (χ2n) is 3.80. The summed E-state index contributed by atoms with van der Waals surface area (Å²) >= 11 is 0. The molecule has 12 heavy (non-hydrogen) atoms. The molecule has 0 aliphatic heterocycles. The van der Waals surface area contributed by atoms with Crippen LogP contribution in [0.1, 0.15) is 27.2 Å². The summed E-state index contributed by atoms with van der Waals surface area (Å²) in [6.45, 7) is 5.56. The van der Waals surface area contributed by atoms with Crippen molar-refractivity contribution in [3.63, 3.8) is 0 Å². The second kappa shape index (κ2) is 4.42. The Bertz CT molecular complexity index is 151. The highest BCUT2D eigenvalue weighted by Gasteiger charge is 2.22. The lowest BCUT2D eigenvalue weighted by Crippen LogP contribution is -2.48. The Labute approximate surface area is 72.6 Å². The van der Waals surface area contributed by atoms with Gasteiger partial charge in [0.05, 0.1) is 0 Å². The van der Waals surface area contributed by atoms with Gasteiger partial charge in [-0.25, -0.2) is 0 Å². The summed E-state index contributed by atoms with van der Waals surface area (Å²) in [5.74, 6) is -0.918. The Hall–Kier alpha value is -0.610. The normalized spacial score (nSPS) is 14.3. The number of rotatable bonds is 4. The molecule has 4 heteroatoms. The fourth-order valence-corrected chi connectivity index (χ4v) is 0.909. The number of hydrogen-bond acceptors (Lipinski definition) is 3. The van der Waals surface area contributed by atoms with Crippen LogP contribution < -0.4 is 5.32 Å². The van der Waals surface area contributed by atoms with Gasteiger partial charge in [0.2, 0.25) is 0 Å². The first-order valence-corrected chi connectivity index (χ1v) is 3.98. The van der Waals surface area contributed by atoms with Crippen LogP contribution in [0.5, 0.6) is 0 Å². The van der Waals surface area contributed by atoms with Crippen LogP contribution >= 0.6 is 0 Å². The zero-order chi connectivity index (χ0) is 9.78. The molecule has 0 radical (unpaired) electrons. The summed E-state index contributed by atoms with van der Waals surface area (Å²) in [5, 5.41) is 20.2. The summed E-state index contributed by atoms with van der Waals surface area (Å²) < 4.78 is 0. The van der Waals surface area contributed by atoms with Gasteiger partial charge in [0.15, 0.2) is 0 Å². The SMILES string of the molecule is CC(C)(C)NC(CCO)C(=O)O. The molecule has 1 atom stereocenters. The van der Waals surface area contributed by atoms with E-state index < -0.39 is 12.0 Å². The first kappa shape index (κ1) is 11.4. The van der Waals surface area contributed by atoms with Gasteiger partial charge in [0, 0.05) is 12.1 Å². The Kier molecular flexibility index (Phi) is 4.20. The molecule has 0 fully saturated rings. The van der Waals surface area contributed by atoms with Crippen LogP contribution in [0.15, 0.2) is 0 Å². The number of nitrogens with one attached hydrogen (secondary N) is 1. The lowest BCUT2D eigenvalue weighted by molar-refractivity contribution is -0.140. The third-order valence-electron chi connectivity index (χ3n) is 1.32. The van der Waals surface area contributed by atoms with Crippen LogP contribution in [0.25, 0.3) is 0 Å². The first-order valence-electron chi connectivity index (χ1n) is 3.98. The van der Waals surface area contributed by atoms with E-state index in [9.17, 15) is 4.79 Å². The highest BCUT2D eigenvalue weighted by molar-refractivity contribution is 5.73. The van der Waals surface area contributed by atoms with Crippen molar-refractivity contribution >= 4 is 5.97 Å². The van der Waals surface area contributed by atoms with Gasteiger partial charge in [-0.1, -0.05) is 0 Å². The van der Waals surface area contributed by atoms with Gasteiger partial charge < -0.3 is 10.2 Å². The molecule has 0 saturated heterocycles. The van der Waals surface area contributed by atoms with Crippen molar-refractivity contribution in [2.45, 2.75) is 38.8 Å². The van der Waals surface area contributed by atoms with Crippen molar-refractivity contribution in [1.29, 1.82) is 0 Å². The average molecular weight is 175 g/mol. The number of carboxylic acid groups (broad SMARTS) is 1. The van der Waals surface area contributed by atoms with E-state index >= 15 is 0 Å². The molecular formula is C8H17NO3. The Morgan fingerprint density at radius 2 is 2.00 bits per heavy atom. The number of aliphatic carboxylic acids is 1. The minimum Gasteiger partial charge on any atom is -0.480 e. The molecule has 4 nitrogen and oxygen atoms in total. The predicted molar refractivity (Wildman–Crippen MR) is 46.0 cm³/mol. The molecule has 0 aromatic carbocycles. The summed E-state index contributed by atoms with van der Waals surface area (Å²) in [6.07, 6.45) is 0.243. The molecular weight excluding hydrogens is 158 g/mol. The summed E-state index contributed by atoms with van der Waals surface area (Å²) in [7, 11) is 0. The minimum absolute atomic E-state index is 0.111. The molecule has 0 aromatic heterocycles. The maximum absolute atomic E-state index is 10.6. The lowest BCUT2D eigenvalue weighted by atomic mass is 10.1. The van der Waals surface area contributed by atoms with Gasteiger partial charge in [0.25, 0.3) is 0 Å². The Morgan fingerprint density at radius 3 is 2.25 bits per heavy atom. The van der Waals surface area contributed by atoms with Crippen molar-refractivity contribution in [2.24, 2.45) is 0 Å². The van der Waals surface area contributed by atoms with Crippen molar-refractivity contribution in [2.75, 3.05) is 6.61 Å². The summed E-state index contributed by atoms with van der Waals surface area (Å²) in [6, 6.07) is -0.657. The van der Waals surface area contributed by atoms with Gasteiger partial charge >= 0.3 is 5.97 Å². The number of carbonyl (C=O) groups is 1. The molecule has 0 aromatic rings. The molecule has 0 amide bonds. The number of carboxylic acids is 1. The fourth-order valence-electron chi connectivity index (χ4n) is 0.909. The quantitative estimate of drug-likeness (QED) is 0.571. The van der Waals surface area contributed by atoms with Gasteiger partial charge in [-0.15, -0.1) is 0 Å². The molecule has 0 rings (SSSR count). The third-order valence-corrected chi connectivity index (χ3v) is 1.32. The van der Waals surface area contributed by atoms with E-state index in [4.69, 9.17) is 10.2 Å². The smallest absolute Gasteiger partial charge is 0.320 e. The summed E-state index contributed by atoms with van der Waals surface area (Å²) in [4.78, 5) is 10.6. The molecule has 0 aliphatic rings. The zero-order valence-corrected chi connectivity index (χ0v) is 7.79. The monoisotopic (exact) mass is 175 g/mol. The highest BCUT2D eigenvalue weighted by Crippen LogP contribution is 2.03. The largest absolute Gasteiger partial charge is 0.480 e. The first-order chi connectivity index (χ1) is 5.37. The van der Waals surface area contributed by atoms with E-state index in [-0.39, 0.29) is 18.6 Å². The van der Waals surface area contributed by atoms with E-state index in [0.29, 0.717) is 0 Å². The van der Waals surface area contributed by atoms with Gasteiger partial charge in [0.1, 0.15) is 6.04 Å². The van der Waals surface area contributed by atoms with E-state index in [1.165, 1.54) is 0 Å².